The lowest BCUT2D eigenvalue weighted by Gasteiger charge is -2.32. The first-order valence-corrected chi connectivity index (χ1v) is 10.8. The molecule has 27 heavy (non-hydrogen) atoms. The molecule has 1 heterocycles. The van der Waals surface area contributed by atoms with E-state index in [2.05, 4.69) is 5.32 Å². The fraction of sp³-hybridized carbons (Fsp3) is 0.500. The minimum Gasteiger partial charge on any atom is -0.468 e. The van der Waals surface area contributed by atoms with Crippen LogP contribution in [0, 0.1) is 0 Å². The smallest absolute Gasteiger partial charge is 0.320 e. The zero-order valence-electron chi connectivity index (χ0n) is 15.8. The number of para-hydroxylation sites is 1. The molecule has 0 bridgehead atoms. The second-order valence-corrected chi connectivity index (χ2v) is 8.30. The third-order valence-corrected chi connectivity index (χ3v) is 6.04. The molecule has 0 spiro atoms. The highest BCUT2D eigenvalue weighted by molar-refractivity contribution is 8.00. The van der Waals surface area contributed by atoms with E-state index in [-0.39, 0.29) is 36.1 Å². The minimum atomic E-state index is -0.343. The zero-order chi connectivity index (χ0) is 19.8. The zero-order valence-corrected chi connectivity index (χ0v) is 17.4. The maximum absolute atomic E-state index is 12.5. The van der Waals surface area contributed by atoms with E-state index in [1.54, 1.807) is 28.6 Å². The topological polar surface area (TPSA) is 79.0 Å². The number of likely N-dealkylation sites (N-methyl/N-ethyl adjacent to an activating group) is 1. The maximum Gasteiger partial charge on any atom is 0.320 e. The van der Waals surface area contributed by atoms with Crippen LogP contribution in [0.5, 0.6) is 0 Å². The minimum absolute atomic E-state index is 0.0935. The molecule has 1 aromatic carbocycles. The van der Waals surface area contributed by atoms with Gasteiger partial charge in [-0.2, -0.15) is 0 Å². The number of amides is 2. The van der Waals surface area contributed by atoms with Gasteiger partial charge >= 0.3 is 5.97 Å². The number of anilines is 1. The molecule has 1 aliphatic rings. The molecule has 1 aromatic rings. The van der Waals surface area contributed by atoms with Crippen LogP contribution in [0.1, 0.15) is 0 Å². The van der Waals surface area contributed by atoms with Crippen LogP contribution in [0.2, 0.25) is 0 Å². The van der Waals surface area contributed by atoms with Gasteiger partial charge in [0.1, 0.15) is 5.25 Å². The van der Waals surface area contributed by atoms with Crippen molar-refractivity contribution in [1.82, 2.24) is 9.80 Å². The molecule has 148 valence electrons. The molecular formula is C18H25N3O4S2. The molecule has 0 unspecified atom stereocenters. The van der Waals surface area contributed by atoms with E-state index in [0.717, 1.165) is 10.6 Å². The van der Waals surface area contributed by atoms with Crippen molar-refractivity contribution in [3.63, 3.8) is 0 Å². The molecular weight excluding hydrogens is 386 g/mol. The molecule has 1 saturated heterocycles. The first-order chi connectivity index (χ1) is 12.9. The van der Waals surface area contributed by atoms with Crippen molar-refractivity contribution in [2.24, 2.45) is 0 Å². The third kappa shape index (κ3) is 6.44. The number of nitrogens with zero attached hydrogens (tertiary/aromatic N) is 2. The van der Waals surface area contributed by atoms with Crippen LogP contribution in [-0.2, 0) is 19.1 Å². The predicted octanol–water partition coefficient (Wildman–Crippen LogP) is 1.40. The van der Waals surface area contributed by atoms with Gasteiger partial charge in [0.2, 0.25) is 11.8 Å². The van der Waals surface area contributed by atoms with Gasteiger partial charge in [0.15, 0.2) is 0 Å². The van der Waals surface area contributed by atoms with E-state index in [1.165, 1.54) is 18.9 Å². The molecule has 7 nitrogen and oxygen atoms in total. The highest BCUT2D eigenvalue weighted by atomic mass is 32.2. The number of ether oxygens (including phenoxy) is 1. The summed E-state index contributed by atoms with van der Waals surface area (Å²) in [6, 6.07) is 7.59. The lowest BCUT2D eigenvalue weighted by Crippen LogP contribution is -2.48. The van der Waals surface area contributed by atoms with Crippen molar-refractivity contribution >= 4 is 47.0 Å². The molecule has 9 heteroatoms. The quantitative estimate of drug-likeness (QED) is 0.537. The van der Waals surface area contributed by atoms with Crippen molar-refractivity contribution in [2.75, 3.05) is 57.7 Å². The summed E-state index contributed by atoms with van der Waals surface area (Å²) < 4.78 is 4.76. The van der Waals surface area contributed by atoms with Gasteiger partial charge in [0, 0.05) is 23.7 Å². The molecule has 0 aliphatic carbocycles. The summed E-state index contributed by atoms with van der Waals surface area (Å²) in [5, 5.41) is 2.54. The Kier molecular flexibility index (Phi) is 8.46. The number of rotatable bonds is 7. The third-order valence-electron chi connectivity index (χ3n) is 4.08. The molecule has 0 radical (unpaired) electrons. The Morgan fingerprint density at radius 3 is 2.78 bits per heavy atom. The van der Waals surface area contributed by atoms with E-state index >= 15 is 0 Å². The number of hydrogen-bond donors (Lipinski definition) is 1. The summed E-state index contributed by atoms with van der Waals surface area (Å²) in [4.78, 5) is 40.8. The average Bonchev–Trinajstić information content (AvgIpc) is 2.67. The van der Waals surface area contributed by atoms with Gasteiger partial charge in [-0.3, -0.25) is 19.3 Å². The van der Waals surface area contributed by atoms with Gasteiger partial charge < -0.3 is 15.0 Å². The molecule has 1 fully saturated rings. The number of methoxy groups -OCH3 is 1. The predicted molar refractivity (Wildman–Crippen MR) is 109 cm³/mol. The maximum atomic E-state index is 12.5. The molecule has 1 aliphatic heterocycles. The van der Waals surface area contributed by atoms with Crippen LogP contribution < -0.4 is 5.32 Å². The van der Waals surface area contributed by atoms with Crippen LogP contribution in [0.15, 0.2) is 29.2 Å². The Morgan fingerprint density at radius 1 is 1.33 bits per heavy atom. The van der Waals surface area contributed by atoms with Gasteiger partial charge in [-0.05, 0) is 25.4 Å². The fourth-order valence-corrected chi connectivity index (χ4v) is 4.40. The summed E-state index contributed by atoms with van der Waals surface area (Å²) in [5.74, 6) is 0.122. The van der Waals surface area contributed by atoms with E-state index in [0.29, 0.717) is 18.8 Å². The van der Waals surface area contributed by atoms with E-state index in [4.69, 9.17) is 4.74 Å². The second-order valence-electron chi connectivity index (χ2n) is 6.14. The number of benzene rings is 1. The monoisotopic (exact) mass is 411 g/mol. The standard InChI is InChI=1S/C18H25N3O4S2/c1-20(11-16(22)19-13-6-4-5-7-14(13)26-3)12-17(23)21-8-9-27-15(10-21)18(24)25-2/h4-7,15H,8-12H2,1-3H3,(H,19,22)/t15-/m1/s1. The van der Waals surface area contributed by atoms with Crippen LogP contribution in [0.4, 0.5) is 5.69 Å². The average molecular weight is 412 g/mol. The largest absolute Gasteiger partial charge is 0.468 e. The number of thioether (sulfide) groups is 2. The Hall–Kier alpha value is -1.71. The lowest BCUT2D eigenvalue weighted by atomic mass is 10.3. The summed E-state index contributed by atoms with van der Waals surface area (Å²) in [6.07, 6.45) is 1.95. The number of nitrogens with one attached hydrogen (secondary N) is 1. The molecule has 2 amide bonds. The van der Waals surface area contributed by atoms with Crippen molar-refractivity contribution in [3.05, 3.63) is 24.3 Å². The SMILES string of the molecule is COC(=O)[C@H]1CN(C(=O)CN(C)CC(=O)Nc2ccccc2SC)CCS1. The first kappa shape index (κ1) is 21.6. The first-order valence-electron chi connectivity index (χ1n) is 8.53. The number of esters is 1. The summed E-state index contributed by atoms with van der Waals surface area (Å²) in [5.41, 5.74) is 0.767. The second kappa shape index (κ2) is 10.6. The Balaban J connectivity index is 1.83. The highest BCUT2D eigenvalue weighted by Crippen LogP contribution is 2.24. The van der Waals surface area contributed by atoms with Gasteiger partial charge in [-0.15, -0.1) is 23.5 Å². The van der Waals surface area contributed by atoms with Crippen LogP contribution in [0.25, 0.3) is 0 Å². The molecule has 2 rings (SSSR count). The normalized spacial score (nSPS) is 16.9. The highest BCUT2D eigenvalue weighted by Gasteiger charge is 2.30. The van der Waals surface area contributed by atoms with Gasteiger partial charge in [0.25, 0.3) is 0 Å². The lowest BCUT2D eigenvalue weighted by molar-refractivity contribution is -0.141. The Labute approximate surface area is 168 Å². The number of carbonyl (C=O) groups excluding carboxylic acids is 3. The molecule has 1 N–H and O–H groups in total. The van der Waals surface area contributed by atoms with Gasteiger partial charge in [-0.25, -0.2) is 0 Å². The Morgan fingerprint density at radius 2 is 2.07 bits per heavy atom. The molecule has 1 atom stereocenters. The molecule has 0 saturated carbocycles. The van der Waals surface area contributed by atoms with E-state index in [9.17, 15) is 14.4 Å². The van der Waals surface area contributed by atoms with Gasteiger partial charge in [-0.1, -0.05) is 12.1 Å². The molecule has 0 aromatic heterocycles. The van der Waals surface area contributed by atoms with Crippen molar-refractivity contribution in [2.45, 2.75) is 10.1 Å². The van der Waals surface area contributed by atoms with E-state index in [1.807, 2.05) is 30.5 Å². The van der Waals surface area contributed by atoms with Crippen LogP contribution in [0.3, 0.4) is 0 Å². The Bertz CT molecular complexity index is 686. The van der Waals surface area contributed by atoms with Crippen molar-refractivity contribution in [3.8, 4) is 0 Å². The van der Waals surface area contributed by atoms with Crippen LogP contribution in [-0.4, -0.2) is 85.2 Å². The van der Waals surface area contributed by atoms with Crippen molar-refractivity contribution in [1.29, 1.82) is 0 Å². The van der Waals surface area contributed by atoms with Crippen LogP contribution >= 0.6 is 23.5 Å². The van der Waals surface area contributed by atoms with Gasteiger partial charge in [0.05, 0.1) is 25.9 Å². The summed E-state index contributed by atoms with van der Waals surface area (Å²) >= 11 is 3.06. The fourth-order valence-electron chi connectivity index (χ4n) is 2.72. The summed E-state index contributed by atoms with van der Waals surface area (Å²) in [7, 11) is 3.08. The number of hydrogen-bond acceptors (Lipinski definition) is 7. The van der Waals surface area contributed by atoms with Crippen molar-refractivity contribution < 1.29 is 19.1 Å². The number of carbonyl (C=O) groups is 3. The summed E-state index contributed by atoms with van der Waals surface area (Å²) in [6.45, 7) is 1.17. The van der Waals surface area contributed by atoms with E-state index < -0.39 is 0 Å².